The van der Waals surface area contributed by atoms with Gasteiger partial charge >= 0.3 is 0 Å². The van der Waals surface area contributed by atoms with Gasteiger partial charge in [0.25, 0.3) is 5.91 Å². The highest BCUT2D eigenvalue weighted by atomic mass is 35.5. The lowest BCUT2D eigenvalue weighted by molar-refractivity contribution is 0.0827. The molecule has 0 spiro atoms. The first kappa shape index (κ1) is 19.1. The monoisotopic (exact) mass is 385 g/mol. The van der Waals surface area contributed by atoms with Gasteiger partial charge in [-0.2, -0.15) is 0 Å². The van der Waals surface area contributed by atoms with Gasteiger partial charge in [-0.15, -0.1) is 0 Å². The number of benzene rings is 3. The molecule has 0 saturated carbocycles. The van der Waals surface area contributed by atoms with Crippen molar-refractivity contribution in [2.24, 2.45) is 0 Å². The molecule has 0 radical (unpaired) electrons. The first-order valence-corrected chi connectivity index (χ1v) is 8.76. The number of amides is 1. The Morgan fingerprint density at radius 1 is 0.815 bits per heavy atom. The highest BCUT2D eigenvalue weighted by Crippen LogP contribution is 2.33. The Hall–Kier alpha value is -2.72. The molecule has 27 heavy (non-hydrogen) atoms. The van der Waals surface area contributed by atoms with Crippen LogP contribution < -0.4 is 0 Å². The second kappa shape index (κ2) is 7.89. The Balaban J connectivity index is 2.09. The molecule has 0 N–H and O–H groups in total. The molecule has 2 nitrogen and oxygen atoms in total. The van der Waals surface area contributed by atoms with E-state index in [0.717, 1.165) is 17.2 Å². The van der Waals surface area contributed by atoms with Crippen LogP contribution in [0, 0.1) is 11.6 Å². The Labute approximate surface area is 162 Å². The molecule has 0 aliphatic rings. The normalized spacial score (nSPS) is 11.9. The smallest absolute Gasteiger partial charge is 0.253 e. The van der Waals surface area contributed by atoms with Crippen LogP contribution in [0.25, 0.3) is 0 Å². The van der Waals surface area contributed by atoms with Gasteiger partial charge < -0.3 is 4.90 Å². The maximum Gasteiger partial charge on any atom is 0.253 e. The molecule has 3 rings (SSSR count). The number of hydrogen-bond acceptors (Lipinski definition) is 1. The molecule has 0 fully saturated rings. The van der Waals surface area contributed by atoms with Crippen LogP contribution in [0.3, 0.4) is 0 Å². The van der Waals surface area contributed by atoms with Crippen molar-refractivity contribution in [3.05, 3.63) is 106 Å². The Morgan fingerprint density at radius 2 is 1.30 bits per heavy atom. The zero-order valence-corrected chi connectivity index (χ0v) is 15.7. The highest BCUT2D eigenvalue weighted by molar-refractivity contribution is 6.30. The summed E-state index contributed by atoms with van der Waals surface area (Å²) in [7, 11) is 3.37. The van der Waals surface area contributed by atoms with Crippen LogP contribution in [0.15, 0.2) is 66.7 Å². The van der Waals surface area contributed by atoms with E-state index in [2.05, 4.69) is 0 Å². The van der Waals surface area contributed by atoms with Crippen LogP contribution >= 0.6 is 11.6 Å². The summed E-state index contributed by atoms with van der Waals surface area (Å²) in [6, 6.07) is 17.7. The van der Waals surface area contributed by atoms with Gasteiger partial charge in [-0.25, -0.2) is 8.78 Å². The summed E-state index contributed by atoms with van der Waals surface area (Å²) in [6.07, 6.45) is 0. The summed E-state index contributed by atoms with van der Waals surface area (Å²) < 4.78 is 27.7. The standard InChI is InChI=1S/C22H18ClF2NO/c1-26(2)22(27)16-5-3-14(4-6-16)21(15-7-9-18(23)10-8-15)17-11-19(24)13-20(25)12-17/h3-13,21H,1-2H3. The van der Waals surface area contributed by atoms with Gasteiger partial charge in [-0.3, -0.25) is 4.79 Å². The topological polar surface area (TPSA) is 20.3 Å². The van der Waals surface area contributed by atoms with Crippen molar-refractivity contribution in [2.45, 2.75) is 5.92 Å². The second-order valence-corrected chi connectivity index (χ2v) is 6.95. The summed E-state index contributed by atoms with van der Waals surface area (Å²) in [5, 5.41) is 0.579. The minimum absolute atomic E-state index is 0.110. The number of halogens is 3. The lowest BCUT2D eigenvalue weighted by Crippen LogP contribution is -2.21. The molecule has 3 aromatic carbocycles. The van der Waals surface area contributed by atoms with Gasteiger partial charge in [0.15, 0.2) is 0 Å². The van der Waals surface area contributed by atoms with E-state index in [9.17, 15) is 13.6 Å². The van der Waals surface area contributed by atoms with Crippen molar-refractivity contribution >= 4 is 17.5 Å². The average molecular weight is 386 g/mol. The third kappa shape index (κ3) is 4.34. The minimum Gasteiger partial charge on any atom is -0.345 e. The van der Waals surface area contributed by atoms with Gasteiger partial charge in [0.1, 0.15) is 11.6 Å². The second-order valence-electron chi connectivity index (χ2n) is 6.51. The van der Waals surface area contributed by atoms with Gasteiger partial charge in [-0.05, 0) is 53.1 Å². The van der Waals surface area contributed by atoms with Crippen LogP contribution in [-0.4, -0.2) is 24.9 Å². The van der Waals surface area contributed by atoms with E-state index < -0.39 is 17.6 Å². The molecule has 1 amide bonds. The third-order valence-corrected chi connectivity index (χ3v) is 4.57. The largest absolute Gasteiger partial charge is 0.345 e. The summed E-state index contributed by atoms with van der Waals surface area (Å²) in [6.45, 7) is 0. The van der Waals surface area contributed by atoms with Crippen LogP contribution in [0.1, 0.15) is 33.0 Å². The first-order valence-electron chi connectivity index (χ1n) is 8.38. The molecular weight excluding hydrogens is 368 g/mol. The maximum atomic E-state index is 13.8. The van der Waals surface area contributed by atoms with Gasteiger partial charge in [0.05, 0.1) is 0 Å². The van der Waals surface area contributed by atoms with Gasteiger partial charge in [0, 0.05) is 36.7 Å². The molecule has 138 valence electrons. The fourth-order valence-electron chi connectivity index (χ4n) is 3.05. The summed E-state index contributed by atoms with van der Waals surface area (Å²) >= 11 is 5.98. The first-order chi connectivity index (χ1) is 12.8. The number of carbonyl (C=O) groups excluding carboxylic acids is 1. The van der Waals surface area contributed by atoms with E-state index in [0.29, 0.717) is 16.1 Å². The van der Waals surface area contributed by atoms with E-state index in [1.807, 2.05) is 12.1 Å². The predicted molar refractivity (Wildman–Crippen MR) is 103 cm³/mol. The zero-order valence-electron chi connectivity index (χ0n) is 14.9. The van der Waals surface area contributed by atoms with Crippen molar-refractivity contribution in [1.29, 1.82) is 0 Å². The van der Waals surface area contributed by atoms with Crippen LogP contribution in [-0.2, 0) is 0 Å². The van der Waals surface area contributed by atoms with Crippen LogP contribution in [0.2, 0.25) is 5.02 Å². The quantitative estimate of drug-likeness (QED) is 0.543. The van der Waals surface area contributed by atoms with E-state index in [-0.39, 0.29) is 5.91 Å². The van der Waals surface area contributed by atoms with Crippen molar-refractivity contribution in [3.63, 3.8) is 0 Å². The molecule has 0 aliphatic carbocycles. The molecule has 3 aromatic rings. The zero-order chi connectivity index (χ0) is 19.6. The molecule has 0 bridgehead atoms. The van der Waals surface area contributed by atoms with E-state index >= 15 is 0 Å². The molecule has 0 heterocycles. The van der Waals surface area contributed by atoms with Crippen molar-refractivity contribution < 1.29 is 13.6 Å². The summed E-state index contributed by atoms with van der Waals surface area (Å²) in [4.78, 5) is 13.6. The van der Waals surface area contributed by atoms with E-state index in [4.69, 9.17) is 11.6 Å². The lowest BCUT2D eigenvalue weighted by atomic mass is 9.84. The molecule has 0 saturated heterocycles. The Morgan fingerprint density at radius 3 is 1.78 bits per heavy atom. The average Bonchev–Trinajstić information content (AvgIpc) is 2.63. The van der Waals surface area contributed by atoms with Crippen molar-refractivity contribution in [2.75, 3.05) is 14.1 Å². The summed E-state index contributed by atoms with van der Waals surface area (Å²) in [5.41, 5.74) is 2.69. The lowest BCUT2D eigenvalue weighted by Gasteiger charge is -2.20. The van der Waals surface area contributed by atoms with Gasteiger partial charge in [0.2, 0.25) is 0 Å². The number of carbonyl (C=O) groups is 1. The molecule has 1 atom stereocenters. The third-order valence-electron chi connectivity index (χ3n) is 4.32. The Kier molecular flexibility index (Phi) is 5.57. The number of rotatable bonds is 4. The number of hydrogen-bond donors (Lipinski definition) is 0. The molecule has 0 aliphatic heterocycles. The molecule has 0 aromatic heterocycles. The predicted octanol–water partition coefficient (Wildman–Crippen LogP) is 5.50. The van der Waals surface area contributed by atoms with Crippen molar-refractivity contribution in [1.82, 2.24) is 4.90 Å². The molecule has 5 heteroatoms. The van der Waals surface area contributed by atoms with Gasteiger partial charge in [-0.1, -0.05) is 35.9 Å². The van der Waals surface area contributed by atoms with Crippen LogP contribution in [0.5, 0.6) is 0 Å². The Bertz CT molecular complexity index is 933. The number of nitrogens with zero attached hydrogens (tertiary/aromatic N) is 1. The SMILES string of the molecule is CN(C)C(=O)c1ccc(C(c2ccc(Cl)cc2)c2cc(F)cc(F)c2)cc1. The molecule has 1 unspecified atom stereocenters. The minimum atomic E-state index is -0.636. The molecular formula is C22H18ClF2NO. The van der Waals surface area contributed by atoms with Crippen LogP contribution in [0.4, 0.5) is 8.78 Å². The van der Waals surface area contributed by atoms with E-state index in [1.54, 1.807) is 50.5 Å². The fourth-order valence-corrected chi connectivity index (χ4v) is 3.18. The maximum absolute atomic E-state index is 13.8. The highest BCUT2D eigenvalue weighted by Gasteiger charge is 2.19. The summed E-state index contributed by atoms with van der Waals surface area (Å²) in [5.74, 6) is -1.77. The van der Waals surface area contributed by atoms with E-state index in [1.165, 1.54) is 17.0 Å². The fraction of sp³-hybridized carbons (Fsp3) is 0.136. The van der Waals surface area contributed by atoms with Crippen molar-refractivity contribution in [3.8, 4) is 0 Å².